The monoisotopic (exact) mass is 435 g/mol. The number of hydrazone groups is 1. The van der Waals surface area contributed by atoms with E-state index in [-0.39, 0.29) is 12.3 Å². The molecule has 166 valence electrons. The van der Waals surface area contributed by atoms with Crippen LogP contribution in [0.5, 0.6) is 11.5 Å². The van der Waals surface area contributed by atoms with Crippen LogP contribution in [0.15, 0.2) is 53.6 Å². The van der Waals surface area contributed by atoms with Gasteiger partial charge < -0.3 is 19.1 Å². The molecule has 2 N–H and O–H groups in total. The second-order valence-corrected chi connectivity index (χ2v) is 7.20. The van der Waals surface area contributed by atoms with Crippen LogP contribution in [0.25, 0.3) is 5.69 Å². The predicted octanol–water partition coefficient (Wildman–Crippen LogP) is 3.50. The number of hydrogen-bond donors (Lipinski definition) is 2. The number of carbonyl (C=O) groups excluding carboxylic acids is 1. The number of aromatic nitrogens is 1. The van der Waals surface area contributed by atoms with Gasteiger partial charge in [-0.1, -0.05) is 12.1 Å². The number of amides is 1. The molecule has 1 aromatic heterocycles. The maximum Gasteiger partial charge on any atom is 0.307 e. The Balaban J connectivity index is 1.76. The highest BCUT2D eigenvalue weighted by Crippen LogP contribution is 2.23. The first-order valence-corrected chi connectivity index (χ1v) is 9.89. The zero-order valence-corrected chi connectivity index (χ0v) is 18.4. The number of nitrogens with one attached hydrogen (secondary N) is 1. The molecule has 8 heteroatoms. The molecule has 2 aromatic carbocycles. The summed E-state index contributed by atoms with van der Waals surface area (Å²) in [6.45, 7) is 3.92. The third-order valence-corrected chi connectivity index (χ3v) is 5.00. The molecule has 0 saturated heterocycles. The van der Waals surface area contributed by atoms with E-state index < -0.39 is 5.97 Å². The van der Waals surface area contributed by atoms with Crippen molar-refractivity contribution in [1.82, 2.24) is 9.99 Å². The summed E-state index contributed by atoms with van der Waals surface area (Å²) in [6, 6.07) is 14.2. The van der Waals surface area contributed by atoms with Crippen LogP contribution < -0.4 is 14.9 Å². The minimum Gasteiger partial charge on any atom is -0.497 e. The quantitative estimate of drug-likeness (QED) is 0.416. The summed E-state index contributed by atoms with van der Waals surface area (Å²) in [5, 5.41) is 13.0. The molecule has 0 unspecified atom stereocenters. The lowest BCUT2D eigenvalue weighted by Gasteiger charge is -2.10. The SMILES string of the molecule is COc1cc(OC)cc(C(=O)N/N=C\c2cc(C)n(-c3ccc(CC(=O)O)cc3)c2C)c1. The highest BCUT2D eigenvalue weighted by atomic mass is 16.5. The molecule has 0 spiro atoms. The first kappa shape index (κ1) is 22.6. The van der Waals surface area contributed by atoms with Gasteiger partial charge in [0.25, 0.3) is 5.91 Å². The smallest absolute Gasteiger partial charge is 0.307 e. The van der Waals surface area contributed by atoms with Crippen LogP contribution >= 0.6 is 0 Å². The Kier molecular flexibility index (Phi) is 6.94. The van der Waals surface area contributed by atoms with E-state index in [0.29, 0.717) is 17.1 Å². The van der Waals surface area contributed by atoms with Gasteiger partial charge in [0.15, 0.2) is 0 Å². The number of carbonyl (C=O) groups is 2. The van der Waals surface area contributed by atoms with Gasteiger partial charge in [-0.3, -0.25) is 9.59 Å². The van der Waals surface area contributed by atoms with Gasteiger partial charge in [-0.2, -0.15) is 5.10 Å². The average Bonchev–Trinajstić information content (AvgIpc) is 3.06. The Morgan fingerprint density at radius 1 is 1.03 bits per heavy atom. The van der Waals surface area contributed by atoms with E-state index >= 15 is 0 Å². The molecule has 3 aromatic rings. The molecule has 32 heavy (non-hydrogen) atoms. The van der Waals surface area contributed by atoms with E-state index in [2.05, 4.69) is 10.5 Å². The van der Waals surface area contributed by atoms with Crippen LogP contribution in [-0.4, -0.2) is 42.0 Å². The van der Waals surface area contributed by atoms with Crippen molar-refractivity contribution in [2.24, 2.45) is 5.10 Å². The van der Waals surface area contributed by atoms with E-state index in [1.54, 1.807) is 36.5 Å². The molecule has 0 atom stereocenters. The Bertz CT molecular complexity index is 1140. The number of carboxylic acids is 1. The third-order valence-electron chi connectivity index (χ3n) is 5.00. The highest BCUT2D eigenvalue weighted by Gasteiger charge is 2.12. The van der Waals surface area contributed by atoms with E-state index in [1.165, 1.54) is 14.2 Å². The number of aliphatic carboxylic acids is 1. The molecule has 0 fully saturated rings. The van der Waals surface area contributed by atoms with Gasteiger partial charge >= 0.3 is 5.97 Å². The number of rotatable bonds is 8. The minimum atomic E-state index is -0.862. The van der Waals surface area contributed by atoms with Crippen LogP contribution in [0.1, 0.15) is 32.9 Å². The number of nitrogens with zero attached hydrogens (tertiary/aromatic N) is 2. The number of benzene rings is 2. The number of ether oxygens (including phenoxy) is 2. The fraction of sp³-hybridized carbons (Fsp3) is 0.208. The van der Waals surface area contributed by atoms with Gasteiger partial charge in [0.05, 0.1) is 26.9 Å². The van der Waals surface area contributed by atoms with Crippen molar-refractivity contribution in [2.75, 3.05) is 14.2 Å². The van der Waals surface area contributed by atoms with E-state index in [9.17, 15) is 9.59 Å². The number of aryl methyl sites for hydroxylation is 1. The van der Waals surface area contributed by atoms with Crippen molar-refractivity contribution >= 4 is 18.1 Å². The molecule has 0 saturated carbocycles. The fourth-order valence-electron chi connectivity index (χ4n) is 3.42. The number of methoxy groups -OCH3 is 2. The molecule has 0 aliphatic rings. The van der Waals surface area contributed by atoms with Crippen LogP contribution in [-0.2, 0) is 11.2 Å². The van der Waals surface area contributed by atoms with Crippen molar-refractivity contribution in [3.05, 3.63) is 76.6 Å². The summed E-state index contributed by atoms with van der Waals surface area (Å²) in [6.07, 6.45) is 1.58. The van der Waals surface area contributed by atoms with Gasteiger partial charge in [-0.25, -0.2) is 5.43 Å². The zero-order chi connectivity index (χ0) is 23.3. The maximum absolute atomic E-state index is 12.5. The normalized spacial score (nSPS) is 10.9. The van der Waals surface area contributed by atoms with Crippen molar-refractivity contribution in [3.8, 4) is 17.2 Å². The Morgan fingerprint density at radius 3 is 2.22 bits per heavy atom. The molecular formula is C24H25N3O5. The van der Waals surface area contributed by atoms with Crippen molar-refractivity contribution in [3.63, 3.8) is 0 Å². The Labute approximate surface area is 186 Å². The summed E-state index contributed by atoms with van der Waals surface area (Å²) in [4.78, 5) is 23.4. The molecule has 1 heterocycles. The summed E-state index contributed by atoms with van der Waals surface area (Å²) in [7, 11) is 3.04. The molecule has 0 bridgehead atoms. The summed E-state index contributed by atoms with van der Waals surface area (Å²) in [5.74, 6) is -0.229. The summed E-state index contributed by atoms with van der Waals surface area (Å²) in [5.41, 5.74) is 7.32. The van der Waals surface area contributed by atoms with Gasteiger partial charge in [0.2, 0.25) is 0 Å². The highest BCUT2D eigenvalue weighted by molar-refractivity contribution is 5.95. The van der Waals surface area contributed by atoms with Crippen LogP contribution in [0, 0.1) is 13.8 Å². The van der Waals surface area contributed by atoms with Crippen molar-refractivity contribution in [2.45, 2.75) is 20.3 Å². The minimum absolute atomic E-state index is 0.0132. The van der Waals surface area contributed by atoms with E-state index in [0.717, 1.165) is 28.2 Å². The van der Waals surface area contributed by atoms with Crippen molar-refractivity contribution in [1.29, 1.82) is 0 Å². The second kappa shape index (κ2) is 9.82. The molecule has 0 aliphatic carbocycles. The average molecular weight is 435 g/mol. The standard InChI is InChI=1S/C24H25N3O5/c1-15-9-19(16(2)27(15)20-7-5-17(6-8-20)10-23(28)29)14-25-26-24(30)18-11-21(31-3)13-22(12-18)32-4/h5-9,11-14H,10H2,1-4H3,(H,26,30)(H,28,29)/b25-14-. The largest absolute Gasteiger partial charge is 0.497 e. The van der Waals surface area contributed by atoms with E-state index in [4.69, 9.17) is 14.6 Å². The molecule has 8 nitrogen and oxygen atoms in total. The lowest BCUT2D eigenvalue weighted by molar-refractivity contribution is -0.136. The van der Waals surface area contributed by atoms with Gasteiger partial charge in [-0.05, 0) is 49.7 Å². The first-order chi connectivity index (χ1) is 15.3. The molecular weight excluding hydrogens is 410 g/mol. The molecule has 0 aliphatic heterocycles. The van der Waals surface area contributed by atoms with Gasteiger partial charge in [-0.15, -0.1) is 0 Å². The lowest BCUT2D eigenvalue weighted by atomic mass is 10.1. The predicted molar refractivity (Wildman–Crippen MR) is 121 cm³/mol. The van der Waals surface area contributed by atoms with Crippen molar-refractivity contribution < 1.29 is 24.2 Å². The third kappa shape index (κ3) is 5.15. The van der Waals surface area contributed by atoms with Gasteiger partial charge in [0, 0.05) is 34.3 Å². The molecule has 0 radical (unpaired) electrons. The van der Waals surface area contributed by atoms with Crippen LogP contribution in [0.3, 0.4) is 0 Å². The fourth-order valence-corrected chi connectivity index (χ4v) is 3.42. The summed E-state index contributed by atoms with van der Waals surface area (Å²) >= 11 is 0. The molecule has 1 amide bonds. The Hall–Kier alpha value is -4.07. The second-order valence-electron chi connectivity index (χ2n) is 7.20. The lowest BCUT2D eigenvalue weighted by Crippen LogP contribution is -2.17. The molecule has 3 rings (SSSR count). The zero-order valence-electron chi connectivity index (χ0n) is 18.4. The number of carboxylic acid groups (broad SMARTS) is 1. The van der Waals surface area contributed by atoms with Crippen LogP contribution in [0.2, 0.25) is 0 Å². The van der Waals surface area contributed by atoms with Crippen LogP contribution in [0.4, 0.5) is 0 Å². The van der Waals surface area contributed by atoms with E-state index in [1.807, 2.05) is 36.6 Å². The maximum atomic E-state index is 12.5. The topological polar surface area (TPSA) is 102 Å². The van der Waals surface area contributed by atoms with Gasteiger partial charge in [0.1, 0.15) is 11.5 Å². The summed E-state index contributed by atoms with van der Waals surface area (Å²) < 4.78 is 12.4. The number of hydrogen-bond acceptors (Lipinski definition) is 5. The Morgan fingerprint density at radius 2 is 1.66 bits per heavy atom. The first-order valence-electron chi connectivity index (χ1n) is 9.89.